The van der Waals surface area contributed by atoms with Crippen molar-refractivity contribution in [2.75, 3.05) is 38.2 Å². The van der Waals surface area contributed by atoms with Crippen molar-refractivity contribution < 1.29 is 23.8 Å². The van der Waals surface area contributed by atoms with E-state index in [4.69, 9.17) is 14.2 Å². The van der Waals surface area contributed by atoms with E-state index in [1.54, 1.807) is 16.7 Å². The zero-order valence-corrected chi connectivity index (χ0v) is 14.1. The summed E-state index contributed by atoms with van der Waals surface area (Å²) in [6, 6.07) is 7.69. The molecule has 0 saturated heterocycles. The largest absolute Gasteiger partial charge is 0.466 e. The number of methoxy groups -OCH3 is 2. The molecule has 1 aromatic carbocycles. The zero-order valence-electron chi connectivity index (χ0n) is 13.3. The van der Waals surface area contributed by atoms with Crippen molar-refractivity contribution in [2.24, 2.45) is 0 Å². The third-order valence-corrected chi connectivity index (χ3v) is 4.19. The van der Waals surface area contributed by atoms with E-state index in [0.29, 0.717) is 0 Å². The second-order valence-corrected chi connectivity index (χ2v) is 5.98. The summed E-state index contributed by atoms with van der Waals surface area (Å²) >= 11 is 1.72. The molecule has 0 radical (unpaired) electrons. The van der Waals surface area contributed by atoms with E-state index in [-0.39, 0.29) is 24.6 Å². The molecule has 0 saturated carbocycles. The molecule has 0 fully saturated rings. The van der Waals surface area contributed by atoms with Crippen LogP contribution in [0.5, 0.6) is 0 Å². The molecule has 2 rings (SSSR count). The van der Waals surface area contributed by atoms with Gasteiger partial charge in [0.15, 0.2) is 0 Å². The van der Waals surface area contributed by atoms with Crippen LogP contribution in [0.4, 0.5) is 5.69 Å². The van der Waals surface area contributed by atoms with Crippen LogP contribution in [0.15, 0.2) is 40.4 Å². The van der Waals surface area contributed by atoms with Crippen LogP contribution in [-0.4, -0.2) is 45.2 Å². The summed E-state index contributed by atoms with van der Waals surface area (Å²) in [4.78, 5) is 26.8. The highest BCUT2D eigenvalue weighted by Crippen LogP contribution is 2.28. The number of benzene rings is 1. The Morgan fingerprint density at radius 1 is 1.17 bits per heavy atom. The minimum absolute atomic E-state index is 0.0113. The van der Waals surface area contributed by atoms with Crippen LogP contribution >= 0.6 is 11.8 Å². The number of nitrogens with zero attached hydrogens (tertiary/aromatic N) is 1. The first-order chi connectivity index (χ1) is 11.1. The third kappa shape index (κ3) is 3.86. The van der Waals surface area contributed by atoms with E-state index in [1.165, 1.54) is 14.2 Å². The fraction of sp³-hybridized carbons (Fsp3) is 0.375. The minimum atomic E-state index is -0.603. The normalized spacial score (nSPS) is 14.7. The maximum Gasteiger partial charge on any atom is 0.355 e. The van der Waals surface area contributed by atoms with Gasteiger partial charge in [0.05, 0.1) is 26.4 Å². The quantitative estimate of drug-likeness (QED) is 0.603. The van der Waals surface area contributed by atoms with E-state index >= 15 is 0 Å². The van der Waals surface area contributed by atoms with Gasteiger partial charge >= 0.3 is 11.9 Å². The summed E-state index contributed by atoms with van der Waals surface area (Å²) in [6.07, 6.45) is 0. The Morgan fingerprint density at radius 2 is 1.83 bits per heavy atom. The van der Waals surface area contributed by atoms with Crippen molar-refractivity contribution in [3.8, 4) is 0 Å². The standard InChI is InChI=1S/C16H19NO5S/c1-4-23-12-7-5-11(6-8-12)17-10-22-9-13(15(18)20-2)14(17)16(19)21-3/h5-8H,4,9-10H2,1-3H3. The van der Waals surface area contributed by atoms with Crippen LogP contribution in [0.25, 0.3) is 0 Å². The molecule has 0 N–H and O–H groups in total. The molecule has 1 aliphatic heterocycles. The molecule has 124 valence electrons. The molecular weight excluding hydrogens is 318 g/mol. The molecule has 1 heterocycles. The van der Waals surface area contributed by atoms with E-state index in [2.05, 4.69) is 6.92 Å². The van der Waals surface area contributed by atoms with Crippen molar-refractivity contribution in [1.29, 1.82) is 0 Å². The molecule has 0 aromatic heterocycles. The molecule has 0 bridgehead atoms. The van der Waals surface area contributed by atoms with Crippen LogP contribution in [0.3, 0.4) is 0 Å². The number of anilines is 1. The molecule has 0 amide bonds. The van der Waals surface area contributed by atoms with Gasteiger partial charge in [0.1, 0.15) is 12.4 Å². The summed E-state index contributed by atoms with van der Waals surface area (Å²) < 4.78 is 15.0. The van der Waals surface area contributed by atoms with Crippen LogP contribution in [0, 0.1) is 0 Å². The number of carbonyl (C=O) groups is 2. The van der Waals surface area contributed by atoms with E-state index in [0.717, 1.165) is 16.3 Å². The summed E-state index contributed by atoms with van der Waals surface area (Å²) in [7, 11) is 2.54. The second kappa shape index (κ2) is 8.03. The SMILES string of the molecule is CCSc1ccc(N2COCC(C(=O)OC)=C2C(=O)OC)cc1. The fourth-order valence-electron chi connectivity index (χ4n) is 2.24. The number of carbonyl (C=O) groups excluding carboxylic acids is 2. The Bertz CT molecular complexity index is 611. The summed E-state index contributed by atoms with van der Waals surface area (Å²) in [5.41, 5.74) is 1.05. The molecule has 6 nitrogen and oxygen atoms in total. The van der Waals surface area contributed by atoms with Crippen LogP contribution < -0.4 is 4.90 Å². The van der Waals surface area contributed by atoms with Crippen molar-refractivity contribution in [3.05, 3.63) is 35.5 Å². The van der Waals surface area contributed by atoms with Crippen molar-refractivity contribution in [3.63, 3.8) is 0 Å². The number of thioether (sulfide) groups is 1. The van der Waals surface area contributed by atoms with Gasteiger partial charge in [0.25, 0.3) is 0 Å². The first kappa shape index (κ1) is 17.4. The summed E-state index contributed by atoms with van der Waals surface area (Å²) in [5.74, 6) is -0.222. The molecule has 23 heavy (non-hydrogen) atoms. The average Bonchev–Trinajstić information content (AvgIpc) is 2.60. The van der Waals surface area contributed by atoms with Gasteiger partial charge in [0.2, 0.25) is 0 Å². The van der Waals surface area contributed by atoms with Crippen molar-refractivity contribution in [1.82, 2.24) is 0 Å². The number of esters is 2. The summed E-state index contributed by atoms with van der Waals surface area (Å²) in [5, 5.41) is 0. The lowest BCUT2D eigenvalue weighted by molar-refractivity contribution is -0.140. The molecule has 0 spiro atoms. The predicted octanol–water partition coefficient (Wildman–Crippen LogP) is 2.19. The van der Waals surface area contributed by atoms with E-state index in [1.807, 2.05) is 24.3 Å². The van der Waals surface area contributed by atoms with Crippen molar-refractivity contribution >= 4 is 29.4 Å². The number of ether oxygens (including phenoxy) is 3. The van der Waals surface area contributed by atoms with E-state index < -0.39 is 11.9 Å². The lowest BCUT2D eigenvalue weighted by Gasteiger charge is -2.31. The van der Waals surface area contributed by atoms with Gasteiger partial charge in [-0.15, -0.1) is 11.8 Å². The highest BCUT2D eigenvalue weighted by atomic mass is 32.2. The Morgan fingerprint density at radius 3 is 2.39 bits per heavy atom. The highest BCUT2D eigenvalue weighted by molar-refractivity contribution is 7.99. The summed E-state index contributed by atoms with van der Waals surface area (Å²) in [6.45, 7) is 2.25. The lowest BCUT2D eigenvalue weighted by atomic mass is 10.1. The fourth-order valence-corrected chi connectivity index (χ4v) is 2.90. The maximum absolute atomic E-state index is 12.2. The monoisotopic (exact) mass is 337 g/mol. The van der Waals surface area contributed by atoms with Gasteiger partial charge in [-0.3, -0.25) is 0 Å². The highest BCUT2D eigenvalue weighted by Gasteiger charge is 2.32. The zero-order chi connectivity index (χ0) is 16.8. The molecule has 1 aliphatic rings. The van der Waals surface area contributed by atoms with Gasteiger partial charge < -0.3 is 19.1 Å². The lowest BCUT2D eigenvalue weighted by Crippen LogP contribution is -2.38. The Kier molecular flexibility index (Phi) is 6.06. The molecule has 0 unspecified atom stereocenters. The minimum Gasteiger partial charge on any atom is -0.466 e. The Hall–Kier alpha value is -1.99. The molecule has 1 aromatic rings. The number of hydrogen-bond acceptors (Lipinski definition) is 7. The smallest absolute Gasteiger partial charge is 0.355 e. The topological polar surface area (TPSA) is 65.1 Å². The number of rotatable bonds is 5. The third-order valence-electron chi connectivity index (χ3n) is 3.29. The predicted molar refractivity (Wildman–Crippen MR) is 87.2 cm³/mol. The van der Waals surface area contributed by atoms with E-state index in [9.17, 15) is 9.59 Å². The molecule has 0 atom stereocenters. The second-order valence-electron chi connectivity index (χ2n) is 4.64. The first-order valence-corrected chi connectivity index (χ1v) is 8.08. The molecule has 0 aliphatic carbocycles. The Labute approximate surface area is 139 Å². The maximum atomic E-state index is 12.2. The van der Waals surface area contributed by atoms with Gasteiger partial charge in [-0.25, -0.2) is 9.59 Å². The van der Waals surface area contributed by atoms with Gasteiger partial charge in [-0.2, -0.15) is 0 Å². The van der Waals surface area contributed by atoms with Crippen LogP contribution in [0.2, 0.25) is 0 Å². The average molecular weight is 337 g/mol. The van der Waals surface area contributed by atoms with Gasteiger partial charge in [-0.1, -0.05) is 6.92 Å². The van der Waals surface area contributed by atoms with Crippen LogP contribution in [-0.2, 0) is 23.8 Å². The van der Waals surface area contributed by atoms with Gasteiger partial charge in [-0.05, 0) is 30.0 Å². The van der Waals surface area contributed by atoms with Gasteiger partial charge in [0, 0.05) is 10.6 Å². The molecule has 7 heteroatoms. The van der Waals surface area contributed by atoms with Crippen molar-refractivity contribution in [2.45, 2.75) is 11.8 Å². The molecular formula is C16H19NO5S. The van der Waals surface area contributed by atoms with Crippen LogP contribution in [0.1, 0.15) is 6.92 Å². The number of hydrogen-bond donors (Lipinski definition) is 0. The first-order valence-electron chi connectivity index (χ1n) is 7.10. The Balaban J connectivity index is 2.42.